The number of rotatable bonds is 54. The molecule has 0 aliphatic heterocycles. The molecule has 0 saturated heterocycles. The minimum absolute atomic E-state index is 0.00483. The van der Waals surface area contributed by atoms with Crippen LogP contribution in [0.3, 0.4) is 0 Å². The van der Waals surface area contributed by atoms with E-state index in [4.69, 9.17) is 4.74 Å². The highest BCUT2D eigenvalue weighted by Gasteiger charge is 2.20. The molecule has 0 radical (unpaired) electrons. The molecular weight excluding hydrogens is 791 g/mol. The van der Waals surface area contributed by atoms with Crippen LogP contribution in [-0.4, -0.2) is 47.4 Å². The van der Waals surface area contributed by atoms with Crippen LogP contribution in [0.2, 0.25) is 0 Å². The number of esters is 1. The molecule has 1 amide bonds. The van der Waals surface area contributed by atoms with Crippen molar-refractivity contribution in [2.75, 3.05) is 13.2 Å². The molecule has 0 fully saturated rings. The number of aliphatic hydroxyl groups is 2. The average molecular weight is 905 g/mol. The molecule has 2 atom stereocenters. The van der Waals surface area contributed by atoms with E-state index in [0.29, 0.717) is 25.9 Å². The van der Waals surface area contributed by atoms with Gasteiger partial charge in [0.2, 0.25) is 5.91 Å². The highest BCUT2D eigenvalue weighted by molar-refractivity contribution is 5.76. The van der Waals surface area contributed by atoms with Gasteiger partial charge in [-0.25, -0.2) is 0 Å². The topological polar surface area (TPSA) is 95.9 Å². The molecule has 0 aromatic rings. The van der Waals surface area contributed by atoms with Crippen molar-refractivity contribution in [1.29, 1.82) is 0 Å². The number of carbonyl (C=O) groups is 2. The molecule has 3 N–H and O–H groups in total. The van der Waals surface area contributed by atoms with Gasteiger partial charge in [-0.15, -0.1) is 0 Å². The van der Waals surface area contributed by atoms with Crippen LogP contribution in [0.5, 0.6) is 0 Å². The number of hydrogen-bond donors (Lipinski definition) is 3. The van der Waals surface area contributed by atoms with Crippen LogP contribution in [0, 0.1) is 0 Å². The summed E-state index contributed by atoms with van der Waals surface area (Å²) in [6.07, 6.45) is 63.5. The van der Waals surface area contributed by atoms with E-state index in [9.17, 15) is 19.8 Å². The third-order valence-corrected chi connectivity index (χ3v) is 13.6. The van der Waals surface area contributed by atoms with Crippen molar-refractivity contribution in [2.45, 2.75) is 334 Å². The number of unbranched alkanes of at least 4 members (excludes halogenated alkanes) is 41. The Morgan fingerprint density at radius 2 is 0.734 bits per heavy atom. The van der Waals surface area contributed by atoms with Crippen LogP contribution < -0.4 is 5.32 Å². The monoisotopic (exact) mass is 904 g/mol. The molecule has 64 heavy (non-hydrogen) atoms. The smallest absolute Gasteiger partial charge is 0.305 e. The standard InChI is InChI=1S/C58H113NO5/c1-3-5-7-9-11-13-15-17-18-19-20-21-24-28-32-36-40-44-48-52-58(63)64-53-49-45-41-37-33-29-25-22-23-27-31-35-39-43-47-51-57(62)59-55(54-60)56(61)50-46-42-38-34-30-26-16-14-12-10-8-6-4-2/h25,29,55-56,60-61H,3-24,26-28,30-54H2,1-2H3,(H,59,62)/b29-25-. The molecule has 0 aromatic carbocycles. The van der Waals surface area contributed by atoms with E-state index in [2.05, 4.69) is 31.3 Å². The lowest BCUT2D eigenvalue weighted by Gasteiger charge is -2.22. The molecule has 0 heterocycles. The predicted molar refractivity (Wildman–Crippen MR) is 278 cm³/mol. The summed E-state index contributed by atoms with van der Waals surface area (Å²) in [5.41, 5.74) is 0. The van der Waals surface area contributed by atoms with E-state index in [1.807, 2.05) is 0 Å². The minimum atomic E-state index is -0.672. The Kier molecular flexibility index (Phi) is 53.0. The first-order chi connectivity index (χ1) is 31.5. The van der Waals surface area contributed by atoms with E-state index < -0.39 is 12.1 Å². The molecule has 0 rings (SSSR count). The van der Waals surface area contributed by atoms with Gasteiger partial charge in [0.1, 0.15) is 0 Å². The maximum atomic E-state index is 12.4. The summed E-state index contributed by atoms with van der Waals surface area (Å²) < 4.78 is 5.48. The summed E-state index contributed by atoms with van der Waals surface area (Å²) in [7, 11) is 0. The summed E-state index contributed by atoms with van der Waals surface area (Å²) >= 11 is 0. The fourth-order valence-corrected chi connectivity index (χ4v) is 9.11. The first kappa shape index (κ1) is 62.6. The highest BCUT2D eigenvalue weighted by atomic mass is 16.5. The number of ether oxygens (including phenoxy) is 1. The summed E-state index contributed by atoms with van der Waals surface area (Å²) in [4.78, 5) is 24.5. The highest BCUT2D eigenvalue weighted by Crippen LogP contribution is 2.17. The number of carbonyl (C=O) groups excluding carboxylic acids is 2. The number of aliphatic hydroxyl groups excluding tert-OH is 2. The predicted octanol–water partition coefficient (Wildman–Crippen LogP) is 17.7. The van der Waals surface area contributed by atoms with Crippen LogP contribution in [0.25, 0.3) is 0 Å². The van der Waals surface area contributed by atoms with Gasteiger partial charge in [-0.2, -0.15) is 0 Å². The zero-order valence-electron chi connectivity index (χ0n) is 43.3. The van der Waals surface area contributed by atoms with Crippen molar-refractivity contribution in [1.82, 2.24) is 5.32 Å². The number of allylic oxidation sites excluding steroid dienone is 2. The summed E-state index contributed by atoms with van der Waals surface area (Å²) in [5, 5.41) is 23.2. The van der Waals surface area contributed by atoms with Crippen molar-refractivity contribution in [3.63, 3.8) is 0 Å². The van der Waals surface area contributed by atoms with Crippen molar-refractivity contribution in [2.24, 2.45) is 0 Å². The number of amides is 1. The Hall–Kier alpha value is -1.40. The molecule has 0 spiro atoms. The summed E-state index contributed by atoms with van der Waals surface area (Å²) in [6, 6.07) is -0.551. The third kappa shape index (κ3) is 50.0. The zero-order chi connectivity index (χ0) is 46.5. The van der Waals surface area contributed by atoms with E-state index in [0.717, 1.165) is 70.6 Å². The second kappa shape index (κ2) is 54.2. The fourth-order valence-electron chi connectivity index (χ4n) is 9.11. The van der Waals surface area contributed by atoms with Gasteiger partial charge < -0.3 is 20.3 Å². The molecule has 380 valence electrons. The van der Waals surface area contributed by atoms with E-state index >= 15 is 0 Å². The van der Waals surface area contributed by atoms with Gasteiger partial charge in [0.05, 0.1) is 25.4 Å². The minimum Gasteiger partial charge on any atom is -0.466 e. The molecule has 0 aliphatic rings. The molecular formula is C58H113NO5. The van der Waals surface area contributed by atoms with Crippen LogP contribution in [0.4, 0.5) is 0 Å². The lowest BCUT2D eigenvalue weighted by atomic mass is 10.0. The van der Waals surface area contributed by atoms with E-state index in [1.165, 1.54) is 218 Å². The molecule has 2 unspecified atom stereocenters. The Bertz CT molecular complexity index is 955. The number of hydrogen-bond acceptors (Lipinski definition) is 5. The summed E-state index contributed by atoms with van der Waals surface area (Å²) in [6.45, 7) is 4.94. The molecule has 0 saturated carbocycles. The lowest BCUT2D eigenvalue weighted by Crippen LogP contribution is -2.45. The Balaban J connectivity index is 3.43. The normalized spacial score (nSPS) is 12.6. The molecule has 6 nitrogen and oxygen atoms in total. The average Bonchev–Trinajstić information content (AvgIpc) is 3.29. The zero-order valence-corrected chi connectivity index (χ0v) is 43.3. The molecule has 6 heteroatoms. The second-order valence-electron chi connectivity index (χ2n) is 20.0. The SMILES string of the molecule is CCCCCCCCCCCCCCCCCCCCCC(=O)OCCCCCC/C=C\CCCCCCCCCC(=O)NC(CO)C(O)CCCCCCCCCCCCCCC. The largest absolute Gasteiger partial charge is 0.466 e. The van der Waals surface area contributed by atoms with Gasteiger partial charge in [-0.05, 0) is 51.4 Å². The Morgan fingerprint density at radius 1 is 0.422 bits per heavy atom. The quantitative estimate of drug-likeness (QED) is 0.0321. The number of nitrogens with one attached hydrogen (secondary N) is 1. The third-order valence-electron chi connectivity index (χ3n) is 13.6. The van der Waals surface area contributed by atoms with Gasteiger partial charge >= 0.3 is 5.97 Å². The lowest BCUT2D eigenvalue weighted by molar-refractivity contribution is -0.143. The summed E-state index contributed by atoms with van der Waals surface area (Å²) in [5.74, 6) is -0.0537. The van der Waals surface area contributed by atoms with Gasteiger partial charge in [0.25, 0.3) is 0 Å². The first-order valence-electron chi connectivity index (χ1n) is 28.9. The van der Waals surface area contributed by atoms with Crippen molar-refractivity contribution >= 4 is 11.9 Å². The second-order valence-corrected chi connectivity index (χ2v) is 20.0. The maximum absolute atomic E-state index is 12.4. The van der Waals surface area contributed by atoms with Crippen molar-refractivity contribution in [3.8, 4) is 0 Å². The van der Waals surface area contributed by atoms with Crippen LogP contribution in [0.15, 0.2) is 12.2 Å². The molecule has 0 bridgehead atoms. The molecule has 0 aliphatic carbocycles. The Labute approximate surface area is 399 Å². The van der Waals surface area contributed by atoms with E-state index in [-0.39, 0.29) is 18.5 Å². The van der Waals surface area contributed by atoms with Gasteiger partial charge in [0, 0.05) is 12.8 Å². The molecule has 0 aromatic heterocycles. The van der Waals surface area contributed by atoms with Gasteiger partial charge in [-0.1, -0.05) is 270 Å². The van der Waals surface area contributed by atoms with E-state index in [1.54, 1.807) is 0 Å². The van der Waals surface area contributed by atoms with Crippen LogP contribution in [0.1, 0.15) is 322 Å². The van der Waals surface area contributed by atoms with Crippen LogP contribution >= 0.6 is 0 Å². The van der Waals surface area contributed by atoms with Gasteiger partial charge in [0.15, 0.2) is 0 Å². The van der Waals surface area contributed by atoms with Gasteiger partial charge in [-0.3, -0.25) is 9.59 Å². The van der Waals surface area contributed by atoms with Crippen molar-refractivity contribution in [3.05, 3.63) is 12.2 Å². The maximum Gasteiger partial charge on any atom is 0.305 e. The fraction of sp³-hybridized carbons (Fsp3) is 0.931. The van der Waals surface area contributed by atoms with Crippen LogP contribution in [-0.2, 0) is 14.3 Å². The van der Waals surface area contributed by atoms with Crippen molar-refractivity contribution < 1.29 is 24.5 Å². The first-order valence-corrected chi connectivity index (χ1v) is 28.9. The Morgan fingerprint density at radius 3 is 1.11 bits per heavy atom.